The number of benzene rings is 1. The zero-order valence-corrected chi connectivity index (χ0v) is 13.4. The Balaban J connectivity index is 2.06. The molecule has 1 aliphatic rings. The number of carbonyl (C=O) groups excluding carboxylic acids is 1. The average Bonchev–Trinajstić information content (AvgIpc) is 2.98. The number of nitrogens with two attached hydrogens (primary N) is 1. The van der Waals surface area contributed by atoms with E-state index in [1.165, 1.54) is 25.7 Å². The summed E-state index contributed by atoms with van der Waals surface area (Å²) in [6.07, 6.45) is 4.99. The molecule has 0 spiro atoms. The van der Waals surface area contributed by atoms with E-state index < -0.39 is 0 Å². The molecule has 1 aromatic carbocycles. The first-order chi connectivity index (χ1) is 10.0. The molecule has 0 aliphatic heterocycles. The summed E-state index contributed by atoms with van der Waals surface area (Å²) in [5.41, 5.74) is 8.35. The summed E-state index contributed by atoms with van der Waals surface area (Å²) in [4.78, 5) is 14.9. The van der Waals surface area contributed by atoms with Gasteiger partial charge in [-0.2, -0.15) is 0 Å². The predicted molar refractivity (Wildman–Crippen MR) is 88.3 cm³/mol. The van der Waals surface area contributed by atoms with Gasteiger partial charge in [0.25, 0.3) is 0 Å². The fraction of sp³-hybridized carbons (Fsp3) is 0.588. The quantitative estimate of drug-likeness (QED) is 0.819. The highest BCUT2D eigenvalue weighted by molar-refractivity contribution is 5.95. The predicted octanol–water partition coefficient (Wildman–Crippen LogP) is 3.17. The van der Waals surface area contributed by atoms with Crippen LogP contribution in [0.15, 0.2) is 18.2 Å². The number of hydrogen-bond donors (Lipinski definition) is 2. The molecule has 4 heteroatoms. The molecule has 21 heavy (non-hydrogen) atoms. The van der Waals surface area contributed by atoms with Gasteiger partial charge < -0.3 is 11.1 Å². The van der Waals surface area contributed by atoms with Crippen molar-refractivity contribution in [2.24, 2.45) is 0 Å². The second-order valence-corrected chi connectivity index (χ2v) is 5.95. The fourth-order valence-electron chi connectivity index (χ4n) is 3.26. The number of nitrogen functional groups attached to an aromatic ring is 1. The van der Waals surface area contributed by atoms with Gasteiger partial charge in [-0.3, -0.25) is 9.69 Å². The van der Waals surface area contributed by atoms with Crippen molar-refractivity contribution < 1.29 is 4.79 Å². The van der Waals surface area contributed by atoms with Crippen LogP contribution in [0.5, 0.6) is 0 Å². The van der Waals surface area contributed by atoms with Crippen LogP contribution in [0.1, 0.15) is 45.1 Å². The lowest BCUT2D eigenvalue weighted by Gasteiger charge is -2.32. The zero-order valence-electron chi connectivity index (χ0n) is 13.4. The molecule has 0 heterocycles. The molecule has 0 saturated heterocycles. The van der Waals surface area contributed by atoms with Gasteiger partial charge in [0.2, 0.25) is 5.91 Å². The van der Waals surface area contributed by atoms with E-state index in [0.717, 1.165) is 17.8 Å². The Morgan fingerprint density at radius 3 is 2.71 bits per heavy atom. The molecule has 1 aromatic rings. The first-order valence-corrected chi connectivity index (χ1v) is 7.96. The normalized spacial score (nSPS) is 17.1. The minimum Gasteiger partial charge on any atom is -0.398 e. The molecule has 1 amide bonds. The second kappa shape index (κ2) is 6.94. The number of nitrogens with zero attached hydrogens (tertiary/aromatic N) is 1. The molecule has 0 aromatic heterocycles. The Morgan fingerprint density at radius 2 is 2.10 bits per heavy atom. The minimum absolute atomic E-state index is 0.0532. The third kappa shape index (κ3) is 3.56. The van der Waals surface area contributed by atoms with Crippen molar-refractivity contribution in [2.75, 3.05) is 17.6 Å². The molecular formula is C17H27N3O. The number of hydrogen-bond acceptors (Lipinski definition) is 3. The molecule has 1 aliphatic carbocycles. The smallest absolute Gasteiger partial charge is 0.241 e. The number of anilines is 2. The van der Waals surface area contributed by atoms with Gasteiger partial charge in [-0.25, -0.2) is 0 Å². The minimum atomic E-state index is -0.112. The summed E-state index contributed by atoms with van der Waals surface area (Å²) in [5.74, 6) is 0.0532. The Labute approximate surface area is 127 Å². The molecule has 1 saturated carbocycles. The van der Waals surface area contributed by atoms with Crippen molar-refractivity contribution in [1.82, 2.24) is 4.90 Å². The van der Waals surface area contributed by atoms with Crippen molar-refractivity contribution in [3.63, 3.8) is 0 Å². The number of carbonyl (C=O) groups is 1. The van der Waals surface area contributed by atoms with Crippen LogP contribution in [0.3, 0.4) is 0 Å². The Hall–Kier alpha value is -1.55. The molecule has 1 unspecified atom stereocenters. The van der Waals surface area contributed by atoms with Gasteiger partial charge in [0, 0.05) is 17.4 Å². The average molecular weight is 289 g/mol. The molecular weight excluding hydrogens is 262 g/mol. The van der Waals surface area contributed by atoms with E-state index in [9.17, 15) is 4.79 Å². The van der Waals surface area contributed by atoms with Crippen molar-refractivity contribution in [2.45, 2.75) is 58.5 Å². The Bertz CT molecular complexity index is 495. The van der Waals surface area contributed by atoms with Crippen LogP contribution in [0.2, 0.25) is 0 Å². The standard InChI is InChI=1S/C17H27N3O/c1-4-20(14-8-5-6-9-14)13(3)17(21)19-16-11-7-10-15(18)12(16)2/h7,10-11,13-14H,4-6,8-9,18H2,1-3H3,(H,19,21). The largest absolute Gasteiger partial charge is 0.398 e. The molecule has 0 radical (unpaired) electrons. The Kier molecular flexibility index (Phi) is 5.23. The summed E-state index contributed by atoms with van der Waals surface area (Å²) in [5, 5.41) is 3.03. The maximum absolute atomic E-state index is 12.5. The molecule has 4 nitrogen and oxygen atoms in total. The first kappa shape index (κ1) is 15.8. The van der Waals surface area contributed by atoms with Gasteiger partial charge in [-0.15, -0.1) is 0 Å². The van der Waals surface area contributed by atoms with Crippen molar-refractivity contribution in [3.8, 4) is 0 Å². The first-order valence-electron chi connectivity index (χ1n) is 7.96. The van der Waals surface area contributed by atoms with Crippen LogP contribution < -0.4 is 11.1 Å². The van der Waals surface area contributed by atoms with Gasteiger partial charge >= 0.3 is 0 Å². The topological polar surface area (TPSA) is 58.4 Å². The molecule has 2 rings (SSSR count). The van der Waals surface area contributed by atoms with Crippen LogP contribution in [-0.2, 0) is 4.79 Å². The third-order valence-electron chi connectivity index (χ3n) is 4.67. The number of likely N-dealkylation sites (N-methyl/N-ethyl adjacent to an activating group) is 1. The van der Waals surface area contributed by atoms with Gasteiger partial charge in [-0.1, -0.05) is 25.8 Å². The van der Waals surface area contributed by atoms with E-state index in [0.29, 0.717) is 11.7 Å². The SMILES string of the molecule is CCN(C1CCCC1)C(C)C(=O)Nc1cccc(N)c1C. The van der Waals surface area contributed by atoms with Crippen molar-refractivity contribution >= 4 is 17.3 Å². The lowest BCUT2D eigenvalue weighted by molar-refractivity contribution is -0.121. The van der Waals surface area contributed by atoms with E-state index in [2.05, 4.69) is 17.1 Å². The van der Waals surface area contributed by atoms with Gasteiger partial charge in [0.15, 0.2) is 0 Å². The highest BCUT2D eigenvalue weighted by Crippen LogP contribution is 2.26. The highest BCUT2D eigenvalue weighted by atomic mass is 16.2. The summed E-state index contributed by atoms with van der Waals surface area (Å²) >= 11 is 0. The van der Waals surface area contributed by atoms with E-state index in [4.69, 9.17) is 5.73 Å². The van der Waals surface area contributed by atoms with E-state index in [-0.39, 0.29) is 11.9 Å². The lowest BCUT2D eigenvalue weighted by Crippen LogP contribution is -2.46. The number of rotatable bonds is 5. The third-order valence-corrected chi connectivity index (χ3v) is 4.67. The van der Waals surface area contributed by atoms with E-state index in [1.807, 2.05) is 32.0 Å². The summed E-state index contributed by atoms with van der Waals surface area (Å²) in [7, 11) is 0. The van der Waals surface area contributed by atoms with Crippen LogP contribution in [0.4, 0.5) is 11.4 Å². The van der Waals surface area contributed by atoms with Crippen LogP contribution in [0, 0.1) is 6.92 Å². The van der Waals surface area contributed by atoms with Gasteiger partial charge in [-0.05, 0) is 50.9 Å². The van der Waals surface area contributed by atoms with Crippen LogP contribution in [0.25, 0.3) is 0 Å². The maximum atomic E-state index is 12.5. The van der Waals surface area contributed by atoms with Crippen LogP contribution in [-0.4, -0.2) is 29.4 Å². The summed E-state index contributed by atoms with van der Waals surface area (Å²) < 4.78 is 0. The molecule has 116 valence electrons. The van der Waals surface area contributed by atoms with E-state index >= 15 is 0 Å². The highest BCUT2D eigenvalue weighted by Gasteiger charge is 2.29. The monoisotopic (exact) mass is 289 g/mol. The molecule has 3 N–H and O–H groups in total. The fourth-order valence-corrected chi connectivity index (χ4v) is 3.26. The lowest BCUT2D eigenvalue weighted by atomic mass is 10.1. The zero-order chi connectivity index (χ0) is 15.4. The molecule has 1 fully saturated rings. The van der Waals surface area contributed by atoms with Crippen molar-refractivity contribution in [1.29, 1.82) is 0 Å². The van der Waals surface area contributed by atoms with Gasteiger partial charge in [0.1, 0.15) is 0 Å². The summed E-state index contributed by atoms with van der Waals surface area (Å²) in [6, 6.07) is 6.07. The maximum Gasteiger partial charge on any atom is 0.241 e. The van der Waals surface area contributed by atoms with Gasteiger partial charge in [0.05, 0.1) is 6.04 Å². The molecule has 0 bridgehead atoms. The second-order valence-electron chi connectivity index (χ2n) is 5.95. The van der Waals surface area contributed by atoms with Crippen molar-refractivity contribution in [3.05, 3.63) is 23.8 Å². The molecule has 1 atom stereocenters. The summed E-state index contributed by atoms with van der Waals surface area (Å²) in [6.45, 7) is 6.98. The number of amides is 1. The van der Waals surface area contributed by atoms with Crippen LogP contribution >= 0.6 is 0 Å². The van der Waals surface area contributed by atoms with E-state index in [1.54, 1.807) is 0 Å². The Morgan fingerprint density at radius 1 is 1.43 bits per heavy atom. The number of nitrogens with one attached hydrogen (secondary N) is 1.